The van der Waals surface area contributed by atoms with Crippen molar-refractivity contribution in [2.75, 3.05) is 21.3 Å². The number of nitrogens with zero attached hydrogens (tertiary/aromatic N) is 2. The Bertz CT molecular complexity index is 1760. The van der Waals surface area contributed by atoms with E-state index in [9.17, 15) is 14.9 Å². The van der Waals surface area contributed by atoms with Crippen molar-refractivity contribution >= 4 is 51.7 Å². The Morgan fingerprint density at radius 1 is 0.949 bits per heavy atom. The van der Waals surface area contributed by atoms with Crippen molar-refractivity contribution in [2.45, 2.75) is 11.4 Å². The van der Waals surface area contributed by atoms with Gasteiger partial charge in [-0.05, 0) is 59.2 Å². The zero-order valence-corrected chi connectivity index (χ0v) is 21.6. The highest BCUT2D eigenvalue weighted by Crippen LogP contribution is 2.38. The van der Waals surface area contributed by atoms with Crippen molar-refractivity contribution in [2.24, 2.45) is 0 Å². The molecule has 6 rings (SSSR count). The van der Waals surface area contributed by atoms with Crippen molar-refractivity contribution in [1.82, 2.24) is 4.98 Å². The van der Waals surface area contributed by atoms with Crippen LogP contribution < -0.4 is 15.5 Å². The van der Waals surface area contributed by atoms with Crippen molar-refractivity contribution < 1.29 is 9.59 Å². The minimum absolute atomic E-state index is 0.0351. The summed E-state index contributed by atoms with van der Waals surface area (Å²) in [4.78, 5) is 31.8. The number of aromatic nitrogens is 1. The lowest BCUT2D eigenvalue weighted by Crippen LogP contribution is -2.34. The number of aromatic amines is 1. The van der Waals surface area contributed by atoms with Crippen LogP contribution in [0.3, 0.4) is 0 Å². The summed E-state index contributed by atoms with van der Waals surface area (Å²) in [6, 6.07) is 30.6. The summed E-state index contributed by atoms with van der Waals surface area (Å²) in [6.07, 6.45) is 1.75. The number of carbonyl (C=O) groups excluding carboxylic acids is 2. The molecule has 0 atom stereocenters. The highest BCUT2D eigenvalue weighted by Gasteiger charge is 2.25. The van der Waals surface area contributed by atoms with Crippen LogP contribution in [0.15, 0.2) is 102 Å². The fourth-order valence-electron chi connectivity index (χ4n) is 4.68. The molecule has 0 fully saturated rings. The first-order valence-electron chi connectivity index (χ1n) is 12.4. The van der Waals surface area contributed by atoms with Crippen LogP contribution >= 0.6 is 11.8 Å². The van der Waals surface area contributed by atoms with Gasteiger partial charge in [-0.2, -0.15) is 5.26 Å². The molecule has 3 N–H and O–H groups in total. The third-order valence-electron chi connectivity index (χ3n) is 6.60. The van der Waals surface area contributed by atoms with Gasteiger partial charge in [0, 0.05) is 27.7 Å². The Morgan fingerprint density at radius 2 is 1.79 bits per heavy atom. The van der Waals surface area contributed by atoms with Crippen LogP contribution in [-0.2, 0) is 11.3 Å². The number of H-pyrrole nitrogens is 1. The van der Waals surface area contributed by atoms with Gasteiger partial charge in [-0.3, -0.25) is 4.79 Å². The van der Waals surface area contributed by atoms with Gasteiger partial charge in [0.1, 0.15) is 0 Å². The second-order valence-electron chi connectivity index (χ2n) is 9.17. The van der Waals surface area contributed by atoms with Gasteiger partial charge in [-0.1, -0.05) is 48.5 Å². The molecule has 0 saturated carbocycles. The highest BCUT2D eigenvalue weighted by atomic mass is 32.2. The SMILES string of the molecule is N#Cc1cccc(-c2ccc3[nH]cc(NC(=O)Nc4ccc5c(c4)N(Cc4ccccc4)C(=O)CS5)c3c2)c1. The molecule has 190 valence electrons. The average molecular weight is 530 g/mol. The Kier molecular flexibility index (Phi) is 6.49. The van der Waals surface area contributed by atoms with E-state index in [1.54, 1.807) is 17.2 Å². The predicted molar refractivity (Wildman–Crippen MR) is 156 cm³/mol. The van der Waals surface area contributed by atoms with E-state index in [1.807, 2.05) is 84.9 Å². The number of fused-ring (bicyclic) bond motifs is 2. The monoisotopic (exact) mass is 529 g/mol. The van der Waals surface area contributed by atoms with E-state index in [0.29, 0.717) is 29.2 Å². The number of nitrogens with one attached hydrogen (secondary N) is 3. The van der Waals surface area contributed by atoms with E-state index < -0.39 is 6.03 Å². The largest absolute Gasteiger partial charge is 0.359 e. The van der Waals surface area contributed by atoms with Crippen LogP contribution in [0.5, 0.6) is 0 Å². The van der Waals surface area contributed by atoms with E-state index in [-0.39, 0.29) is 5.91 Å². The summed E-state index contributed by atoms with van der Waals surface area (Å²) < 4.78 is 0. The molecular formula is C31H23N5O2S. The lowest BCUT2D eigenvalue weighted by Gasteiger charge is -2.29. The number of amides is 3. The molecular weight excluding hydrogens is 506 g/mol. The van der Waals surface area contributed by atoms with Crippen LogP contribution in [0.2, 0.25) is 0 Å². The van der Waals surface area contributed by atoms with Crippen LogP contribution in [0.1, 0.15) is 11.1 Å². The summed E-state index contributed by atoms with van der Waals surface area (Å²) >= 11 is 1.50. The number of rotatable bonds is 5. The fourth-order valence-corrected chi connectivity index (χ4v) is 5.59. The number of hydrogen-bond acceptors (Lipinski definition) is 4. The Labute approximate surface area is 229 Å². The molecule has 0 radical (unpaired) electrons. The smallest absolute Gasteiger partial charge is 0.323 e. The molecule has 1 aliphatic heterocycles. The zero-order valence-electron chi connectivity index (χ0n) is 20.8. The topological polar surface area (TPSA) is 101 Å². The third-order valence-corrected chi connectivity index (χ3v) is 7.65. The fraction of sp³-hybridized carbons (Fsp3) is 0.0645. The van der Waals surface area contributed by atoms with E-state index in [4.69, 9.17) is 0 Å². The summed E-state index contributed by atoms with van der Waals surface area (Å²) in [5.74, 6) is 0.420. The van der Waals surface area contributed by atoms with Gasteiger partial charge in [-0.15, -0.1) is 11.8 Å². The second-order valence-corrected chi connectivity index (χ2v) is 10.2. The first-order valence-corrected chi connectivity index (χ1v) is 13.4. The van der Waals surface area contributed by atoms with Crippen molar-refractivity contribution in [3.05, 3.63) is 108 Å². The van der Waals surface area contributed by atoms with Crippen molar-refractivity contribution in [3.63, 3.8) is 0 Å². The quantitative estimate of drug-likeness (QED) is 0.228. The van der Waals surface area contributed by atoms with E-state index in [2.05, 4.69) is 21.7 Å². The van der Waals surface area contributed by atoms with Gasteiger partial charge < -0.3 is 20.5 Å². The summed E-state index contributed by atoms with van der Waals surface area (Å²) in [7, 11) is 0. The molecule has 3 amide bonds. The van der Waals surface area contributed by atoms with Gasteiger partial charge >= 0.3 is 6.03 Å². The Hall–Kier alpha value is -5.00. The van der Waals surface area contributed by atoms with Gasteiger partial charge in [0.25, 0.3) is 0 Å². The van der Waals surface area contributed by atoms with E-state index >= 15 is 0 Å². The van der Waals surface area contributed by atoms with Crippen LogP contribution in [0.4, 0.5) is 21.9 Å². The summed E-state index contributed by atoms with van der Waals surface area (Å²) in [5.41, 5.74) is 6.39. The average Bonchev–Trinajstić information content (AvgIpc) is 3.37. The lowest BCUT2D eigenvalue weighted by atomic mass is 10.0. The number of anilines is 3. The first-order chi connectivity index (χ1) is 19.1. The first kappa shape index (κ1) is 24.3. The molecule has 7 nitrogen and oxygen atoms in total. The number of hydrogen-bond donors (Lipinski definition) is 3. The molecule has 8 heteroatoms. The maximum Gasteiger partial charge on any atom is 0.323 e. The maximum atomic E-state index is 13.0. The number of benzene rings is 4. The second kappa shape index (κ2) is 10.4. The summed E-state index contributed by atoms with van der Waals surface area (Å²) in [6.45, 7) is 0.470. The van der Waals surface area contributed by atoms with Crippen LogP contribution in [-0.4, -0.2) is 22.7 Å². The minimum Gasteiger partial charge on any atom is -0.359 e. The highest BCUT2D eigenvalue weighted by molar-refractivity contribution is 8.00. The zero-order chi connectivity index (χ0) is 26.8. The molecule has 0 unspecified atom stereocenters. The molecule has 1 aliphatic rings. The van der Waals surface area contributed by atoms with Crippen LogP contribution in [0, 0.1) is 11.3 Å². The molecule has 0 bridgehead atoms. The molecule has 2 heterocycles. The van der Waals surface area contributed by atoms with Crippen LogP contribution in [0.25, 0.3) is 22.0 Å². The molecule has 0 aliphatic carbocycles. The number of urea groups is 1. The van der Waals surface area contributed by atoms with Gasteiger partial charge in [0.15, 0.2) is 0 Å². The number of thioether (sulfide) groups is 1. The molecule has 39 heavy (non-hydrogen) atoms. The summed E-state index contributed by atoms with van der Waals surface area (Å²) in [5, 5.41) is 15.9. The van der Waals surface area contributed by atoms with Gasteiger partial charge in [-0.25, -0.2) is 4.79 Å². The van der Waals surface area contributed by atoms with E-state index in [0.717, 1.165) is 38.2 Å². The number of nitriles is 1. The van der Waals surface area contributed by atoms with Crippen molar-refractivity contribution in [1.29, 1.82) is 5.26 Å². The Balaban J connectivity index is 1.22. The van der Waals surface area contributed by atoms with Crippen molar-refractivity contribution in [3.8, 4) is 17.2 Å². The molecule has 4 aromatic carbocycles. The molecule has 5 aromatic rings. The number of carbonyl (C=O) groups is 2. The predicted octanol–water partition coefficient (Wildman–Crippen LogP) is 6.99. The minimum atomic E-state index is -0.392. The third kappa shape index (κ3) is 5.08. The Morgan fingerprint density at radius 3 is 2.64 bits per heavy atom. The maximum absolute atomic E-state index is 13.0. The lowest BCUT2D eigenvalue weighted by molar-refractivity contribution is -0.116. The van der Waals surface area contributed by atoms with Gasteiger partial charge in [0.05, 0.1) is 35.3 Å². The normalized spacial score (nSPS) is 12.6. The van der Waals surface area contributed by atoms with Gasteiger partial charge in [0.2, 0.25) is 5.91 Å². The van der Waals surface area contributed by atoms with E-state index in [1.165, 1.54) is 11.8 Å². The molecule has 1 aromatic heterocycles. The molecule has 0 spiro atoms. The standard InChI is InChI=1S/C31H23N5O2S/c32-16-21-7-4-8-22(13-21)23-9-11-26-25(14-23)27(17-33-26)35-31(38)34-24-10-12-29-28(15-24)36(30(37)19-39-29)18-20-5-2-1-3-6-20/h1-15,17,33H,18-19H2,(H2,34,35,38). The molecule has 0 saturated heterocycles.